The third-order valence-corrected chi connectivity index (χ3v) is 8.11. The Hall–Kier alpha value is -5.34. The number of aliphatic imine (C=N–C) groups is 4. The standard InChI is InChI=1S/C33H22N8/c1-41-32-24-16-8-9-17-25(24)33(41)40-31-23-15-7-5-13-21(23)29(38-31)36-27-19-11-3-2-10-18(19)26(34-27)35-28-20-12-4-6-14-22(20)30(37-28)39-32/h2-17,26-27,34H,1H3/b35-28-,36-29-,39-32-,40-33+. The van der Waals surface area contributed by atoms with Crippen LogP contribution in [0.3, 0.4) is 0 Å². The summed E-state index contributed by atoms with van der Waals surface area (Å²) in [6.07, 6.45) is -0.626. The molecule has 0 radical (unpaired) electrons. The molecule has 0 fully saturated rings. The van der Waals surface area contributed by atoms with Crippen LogP contribution < -0.4 is 16.3 Å². The van der Waals surface area contributed by atoms with Gasteiger partial charge in [0.1, 0.15) is 23.3 Å². The van der Waals surface area contributed by atoms with E-state index in [0.717, 1.165) is 55.1 Å². The predicted octanol–water partition coefficient (Wildman–Crippen LogP) is 4.15. The lowest BCUT2D eigenvalue weighted by atomic mass is 10.1. The van der Waals surface area contributed by atoms with E-state index in [9.17, 15) is 0 Å². The molecule has 8 nitrogen and oxygen atoms in total. The number of rotatable bonds is 0. The van der Waals surface area contributed by atoms with Crippen molar-refractivity contribution in [3.05, 3.63) is 141 Å². The minimum atomic E-state index is -0.313. The van der Waals surface area contributed by atoms with Crippen molar-refractivity contribution in [1.82, 2.24) is 9.88 Å². The molecule has 4 aliphatic rings. The maximum atomic E-state index is 5.15. The van der Waals surface area contributed by atoms with Crippen molar-refractivity contribution in [2.45, 2.75) is 12.3 Å². The Morgan fingerprint density at radius 3 is 1.34 bits per heavy atom. The third-order valence-electron chi connectivity index (χ3n) is 8.11. The van der Waals surface area contributed by atoms with E-state index in [0.29, 0.717) is 23.3 Å². The van der Waals surface area contributed by atoms with E-state index < -0.39 is 0 Å². The second-order valence-corrected chi connectivity index (χ2v) is 10.4. The number of hydrogen-bond acceptors (Lipinski definition) is 7. The van der Waals surface area contributed by atoms with Gasteiger partial charge in [0, 0.05) is 40.1 Å². The summed E-state index contributed by atoms with van der Waals surface area (Å²) in [5.74, 6) is 2.58. The van der Waals surface area contributed by atoms with Gasteiger partial charge in [-0.15, -0.1) is 0 Å². The topological polar surface area (TPSA) is 91.1 Å². The van der Waals surface area contributed by atoms with Crippen LogP contribution in [0.2, 0.25) is 0 Å². The van der Waals surface area contributed by atoms with Crippen molar-refractivity contribution in [3.63, 3.8) is 0 Å². The molecule has 1 aromatic heterocycles. The Bertz CT molecular complexity index is 2060. The maximum absolute atomic E-state index is 5.15. The molecule has 8 bridgehead atoms. The van der Waals surface area contributed by atoms with Gasteiger partial charge in [0.05, 0.1) is 0 Å². The molecule has 2 atom stereocenters. The molecule has 4 aromatic carbocycles. The van der Waals surface area contributed by atoms with Gasteiger partial charge < -0.3 is 4.57 Å². The van der Waals surface area contributed by atoms with E-state index in [2.05, 4.69) is 53.8 Å². The number of benzene rings is 4. The van der Waals surface area contributed by atoms with Gasteiger partial charge in [0.2, 0.25) is 0 Å². The second-order valence-electron chi connectivity index (χ2n) is 10.4. The fourth-order valence-corrected chi connectivity index (χ4v) is 6.16. The van der Waals surface area contributed by atoms with Crippen molar-refractivity contribution in [3.8, 4) is 0 Å². The van der Waals surface area contributed by atoms with E-state index >= 15 is 0 Å². The van der Waals surface area contributed by atoms with Crippen LogP contribution in [0.25, 0.3) is 10.8 Å². The van der Waals surface area contributed by atoms with Crippen LogP contribution >= 0.6 is 0 Å². The molecule has 41 heavy (non-hydrogen) atoms. The lowest BCUT2D eigenvalue weighted by molar-refractivity contribution is 0.523. The van der Waals surface area contributed by atoms with E-state index in [1.807, 2.05) is 60.1 Å². The largest absolute Gasteiger partial charge is 0.313 e. The van der Waals surface area contributed by atoms with Crippen molar-refractivity contribution >= 4 is 34.1 Å². The molecule has 194 valence electrons. The number of nitrogens with zero attached hydrogens (tertiary/aromatic N) is 7. The Kier molecular flexibility index (Phi) is 4.57. The van der Waals surface area contributed by atoms with Crippen LogP contribution in [0.4, 0.5) is 0 Å². The molecule has 2 unspecified atom stereocenters. The van der Waals surface area contributed by atoms with Crippen LogP contribution in [0.15, 0.2) is 127 Å². The molecule has 4 aliphatic heterocycles. The SMILES string of the molecule is Cn1/c2c3ccccc3/c1=N\C1=NC(=N\C3NC(/N=C4N=C(/N=2)c2ccccc2\4)c2ccccc23)/c2ccccc21. The van der Waals surface area contributed by atoms with E-state index in [1.54, 1.807) is 0 Å². The highest BCUT2D eigenvalue weighted by Gasteiger charge is 2.33. The zero-order chi connectivity index (χ0) is 27.1. The first-order chi connectivity index (χ1) is 20.2. The second kappa shape index (κ2) is 8.33. The van der Waals surface area contributed by atoms with Crippen LogP contribution in [0, 0.1) is 0 Å². The Labute approximate surface area is 234 Å². The van der Waals surface area contributed by atoms with E-state index in [-0.39, 0.29) is 12.3 Å². The van der Waals surface area contributed by atoms with Gasteiger partial charge in [0.15, 0.2) is 23.3 Å². The van der Waals surface area contributed by atoms with Crippen LogP contribution in [-0.4, -0.2) is 27.9 Å². The van der Waals surface area contributed by atoms with Crippen LogP contribution in [0.5, 0.6) is 0 Å². The molecule has 0 saturated carbocycles. The first-order valence-corrected chi connectivity index (χ1v) is 13.6. The highest BCUT2D eigenvalue weighted by molar-refractivity contribution is 6.23. The number of amidine groups is 4. The lowest BCUT2D eigenvalue weighted by Crippen LogP contribution is -2.26. The summed E-state index contributed by atoms with van der Waals surface area (Å²) < 4.78 is 2.03. The molecule has 0 aliphatic carbocycles. The molecule has 0 spiro atoms. The van der Waals surface area contributed by atoms with Crippen molar-refractivity contribution in [1.29, 1.82) is 0 Å². The van der Waals surface area contributed by atoms with Gasteiger partial charge in [0.25, 0.3) is 0 Å². The molecule has 5 aromatic rings. The quantitative estimate of drug-likeness (QED) is 0.320. The van der Waals surface area contributed by atoms with E-state index in [4.69, 9.17) is 30.0 Å². The normalized spacial score (nSPS) is 23.9. The Morgan fingerprint density at radius 1 is 0.488 bits per heavy atom. The number of fused-ring (bicyclic) bond motifs is 18. The highest BCUT2D eigenvalue weighted by Crippen LogP contribution is 2.37. The number of hydrogen-bond donors (Lipinski definition) is 1. The summed E-state index contributed by atoms with van der Waals surface area (Å²) >= 11 is 0. The van der Waals surface area contributed by atoms with E-state index in [1.165, 1.54) is 0 Å². The van der Waals surface area contributed by atoms with Crippen molar-refractivity contribution in [2.75, 3.05) is 0 Å². The maximum Gasteiger partial charge on any atom is 0.164 e. The van der Waals surface area contributed by atoms with Crippen molar-refractivity contribution < 1.29 is 0 Å². The summed E-state index contributed by atoms with van der Waals surface area (Å²) in [4.78, 5) is 30.6. The lowest BCUT2D eigenvalue weighted by Gasteiger charge is -2.10. The van der Waals surface area contributed by atoms with Gasteiger partial charge in [-0.25, -0.2) is 30.0 Å². The van der Waals surface area contributed by atoms with Crippen LogP contribution in [-0.2, 0) is 7.05 Å². The molecule has 9 rings (SSSR count). The van der Waals surface area contributed by atoms with Crippen molar-refractivity contribution in [2.24, 2.45) is 37.0 Å². The Morgan fingerprint density at radius 2 is 0.878 bits per heavy atom. The molecule has 0 saturated heterocycles. The summed E-state index contributed by atoms with van der Waals surface area (Å²) in [6.45, 7) is 0. The molecule has 5 heterocycles. The predicted molar refractivity (Wildman–Crippen MR) is 159 cm³/mol. The summed E-state index contributed by atoms with van der Waals surface area (Å²) in [5.41, 5.74) is 7.57. The number of aromatic nitrogens is 1. The summed E-state index contributed by atoms with van der Waals surface area (Å²) in [6, 6.07) is 32.8. The summed E-state index contributed by atoms with van der Waals surface area (Å²) in [5, 5.41) is 5.62. The van der Waals surface area contributed by atoms with Gasteiger partial charge >= 0.3 is 0 Å². The monoisotopic (exact) mass is 530 g/mol. The van der Waals surface area contributed by atoms with Gasteiger partial charge in [-0.3, -0.25) is 5.32 Å². The molecule has 1 N–H and O–H groups in total. The van der Waals surface area contributed by atoms with Gasteiger partial charge in [-0.05, 0) is 11.1 Å². The zero-order valence-electron chi connectivity index (χ0n) is 22.0. The first-order valence-electron chi connectivity index (χ1n) is 13.6. The van der Waals surface area contributed by atoms with Gasteiger partial charge in [-0.2, -0.15) is 0 Å². The third kappa shape index (κ3) is 3.25. The fourth-order valence-electron chi connectivity index (χ4n) is 6.16. The minimum absolute atomic E-state index is 0.313. The fraction of sp³-hybridized carbons (Fsp3) is 0.0909. The minimum Gasteiger partial charge on any atom is -0.313 e. The number of nitrogens with one attached hydrogen (secondary N) is 1. The van der Waals surface area contributed by atoms with Crippen LogP contribution in [0.1, 0.15) is 45.7 Å². The molecule has 0 amide bonds. The average Bonchev–Trinajstić information content (AvgIpc) is 3.72. The average molecular weight is 531 g/mol. The molecule has 8 heteroatoms. The molecular formula is C33H22N8. The smallest absolute Gasteiger partial charge is 0.164 e. The Balaban J connectivity index is 1.40. The first kappa shape index (κ1) is 22.5. The highest BCUT2D eigenvalue weighted by atomic mass is 15.2. The summed E-state index contributed by atoms with van der Waals surface area (Å²) in [7, 11) is 1.99. The zero-order valence-corrected chi connectivity index (χ0v) is 22.0. The van der Waals surface area contributed by atoms with Gasteiger partial charge in [-0.1, -0.05) is 97.1 Å². The molecular weight excluding hydrogens is 508 g/mol.